The predicted molar refractivity (Wildman–Crippen MR) is 71.9 cm³/mol. The average molecular weight is 305 g/mol. The number of nitrogens with one attached hydrogen (secondary N) is 1. The van der Waals surface area contributed by atoms with Crippen molar-refractivity contribution in [3.8, 4) is 0 Å². The van der Waals surface area contributed by atoms with E-state index < -0.39 is 0 Å². The minimum Gasteiger partial charge on any atom is -0.349 e. The molecule has 0 aliphatic rings. The predicted octanol–water partition coefficient (Wildman–Crippen LogP) is 2.12. The summed E-state index contributed by atoms with van der Waals surface area (Å²) in [5.74, 6) is 0.173. The van der Waals surface area contributed by atoms with Gasteiger partial charge in [-0.3, -0.25) is 4.79 Å². The van der Waals surface area contributed by atoms with E-state index >= 15 is 0 Å². The van der Waals surface area contributed by atoms with Gasteiger partial charge in [-0.25, -0.2) is 0 Å². The summed E-state index contributed by atoms with van der Waals surface area (Å²) in [6, 6.07) is 4.19. The highest BCUT2D eigenvalue weighted by atomic mass is 79.9. The third-order valence-electron chi connectivity index (χ3n) is 2.19. The maximum Gasteiger partial charge on any atom is 0.223 e. The number of carbonyl (C=O) groups excluding carboxylic acids is 1. The molecule has 0 saturated carbocycles. The Morgan fingerprint density at radius 1 is 1.44 bits per heavy atom. The number of rotatable bonds is 6. The first-order valence-electron chi connectivity index (χ1n) is 5.24. The van der Waals surface area contributed by atoms with Crippen molar-refractivity contribution in [2.45, 2.75) is 12.8 Å². The lowest BCUT2D eigenvalue weighted by molar-refractivity contribution is -0.128. The van der Waals surface area contributed by atoms with E-state index in [1.165, 1.54) is 8.66 Å². The van der Waals surface area contributed by atoms with Crippen LogP contribution in [0.5, 0.6) is 0 Å². The first-order chi connectivity index (χ1) is 7.59. The van der Waals surface area contributed by atoms with E-state index in [1.54, 1.807) is 30.3 Å². The summed E-state index contributed by atoms with van der Waals surface area (Å²) >= 11 is 5.20. The van der Waals surface area contributed by atoms with Crippen LogP contribution >= 0.6 is 27.3 Å². The number of thiophene rings is 1. The van der Waals surface area contributed by atoms with Gasteiger partial charge in [-0.05, 0) is 41.0 Å². The third-order valence-corrected chi connectivity index (χ3v) is 3.87. The Labute approximate surface area is 109 Å². The standard InChI is InChI=1S/C11H17BrN2OS/c1-14(2)11(15)6-8-13-7-5-9-3-4-10(12)16-9/h3-4,13H,5-8H2,1-2H3. The van der Waals surface area contributed by atoms with Gasteiger partial charge in [0.25, 0.3) is 0 Å². The van der Waals surface area contributed by atoms with Crippen molar-refractivity contribution in [2.75, 3.05) is 27.2 Å². The van der Waals surface area contributed by atoms with Gasteiger partial charge in [0.1, 0.15) is 0 Å². The molecule has 0 spiro atoms. The molecule has 3 nitrogen and oxygen atoms in total. The highest BCUT2D eigenvalue weighted by molar-refractivity contribution is 9.11. The first kappa shape index (κ1) is 13.7. The molecule has 0 radical (unpaired) electrons. The summed E-state index contributed by atoms with van der Waals surface area (Å²) in [6.45, 7) is 1.68. The normalized spacial score (nSPS) is 10.4. The van der Waals surface area contributed by atoms with Gasteiger partial charge in [-0.15, -0.1) is 11.3 Å². The monoisotopic (exact) mass is 304 g/mol. The van der Waals surface area contributed by atoms with E-state index in [0.717, 1.165) is 19.5 Å². The van der Waals surface area contributed by atoms with Gasteiger partial charge in [-0.1, -0.05) is 0 Å². The van der Waals surface area contributed by atoms with Crippen molar-refractivity contribution in [3.05, 3.63) is 20.8 Å². The second kappa shape index (κ2) is 7.04. The van der Waals surface area contributed by atoms with Gasteiger partial charge >= 0.3 is 0 Å². The molecule has 1 rings (SSSR count). The highest BCUT2D eigenvalue weighted by Gasteiger charge is 2.02. The van der Waals surface area contributed by atoms with Gasteiger partial charge in [0.15, 0.2) is 0 Å². The molecule has 1 amide bonds. The molecule has 5 heteroatoms. The second-order valence-electron chi connectivity index (χ2n) is 3.74. The molecule has 0 bridgehead atoms. The molecule has 0 atom stereocenters. The molecule has 0 unspecified atom stereocenters. The topological polar surface area (TPSA) is 32.3 Å². The molecule has 0 aliphatic carbocycles. The summed E-state index contributed by atoms with van der Waals surface area (Å²) < 4.78 is 1.17. The minimum atomic E-state index is 0.173. The molecule has 1 N–H and O–H groups in total. The number of nitrogens with zero attached hydrogens (tertiary/aromatic N) is 1. The van der Waals surface area contributed by atoms with E-state index in [4.69, 9.17) is 0 Å². The van der Waals surface area contributed by atoms with Crippen LogP contribution in [-0.2, 0) is 11.2 Å². The van der Waals surface area contributed by atoms with E-state index in [9.17, 15) is 4.79 Å². The zero-order chi connectivity index (χ0) is 12.0. The maximum atomic E-state index is 11.3. The molecular formula is C11H17BrN2OS. The Hall–Kier alpha value is -0.390. The molecule has 90 valence electrons. The number of hydrogen-bond acceptors (Lipinski definition) is 3. The number of amides is 1. The SMILES string of the molecule is CN(C)C(=O)CCNCCc1ccc(Br)s1. The Balaban J connectivity index is 2.06. The zero-order valence-corrected chi connectivity index (χ0v) is 12.0. The molecule has 0 aromatic carbocycles. The van der Waals surface area contributed by atoms with Crippen molar-refractivity contribution in [1.29, 1.82) is 0 Å². The second-order valence-corrected chi connectivity index (χ2v) is 6.29. The van der Waals surface area contributed by atoms with Crippen LogP contribution in [0.1, 0.15) is 11.3 Å². The largest absolute Gasteiger partial charge is 0.349 e. The molecule has 0 fully saturated rings. The quantitative estimate of drug-likeness (QED) is 0.817. The zero-order valence-electron chi connectivity index (χ0n) is 9.62. The average Bonchev–Trinajstić information content (AvgIpc) is 2.63. The van der Waals surface area contributed by atoms with Crippen molar-refractivity contribution >= 4 is 33.2 Å². The maximum absolute atomic E-state index is 11.3. The summed E-state index contributed by atoms with van der Waals surface area (Å²) in [5.41, 5.74) is 0. The Morgan fingerprint density at radius 2 is 2.19 bits per heavy atom. The molecular weight excluding hydrogens is 288 g/mol. The smallest absolute Gasteiger partial charge is 0.223 e. The van der Waals surface area contributed by atoms with Crippen LogP contribution in [0.4, 0.5) is 0 Å². The van der Waals surface area contributed by atoms with Crippen LogP contribution in [0.2, 0.25) is 0 Å². The van der Waals surface area contributed by atoms with Crippen molar-refractivity contribution in [1.82, 2.24) is 10.2 Å². The van der Waals surface area contributed by atoms with Gasteiger partial charge < -0.3 is 10.2 Å². The summed E-state index contributed by atoms with van der Waals surface area (Å²) in [6.07, 6.45) is 1.59. The van der Waals surface area contributed by atoms with Gasteiger partial charge in [0.05, 0.1) is 3.79 Å². The van der Waals surface area contributed by atoms with Crippen molar-refractivity contribution < 1.29 is 4.79 Å². The summed E-state index contributed by atoms with van der Waals surface area (Å²) in [5, 5.41) is 3.27. The van der Waals surface area contributed by atoms with Crippen LogP contribution in [0.15, 0.2) is 15.9 Å². The number of halogens is 1. The first-order valence-corrected chi connectivity index (χ1v) is 6.85. The molecule has 1 heterocycles. The van der Waals surface area contributed by atoms with Gasteiger partial charge in [0.2, 0.25) is 5.91 Å². The fourth-order valence-corrected chi connectivity index (χ4v) is 2.72. The lowest BCUT2D eigenvalue weighted by Gasteiger charge is -2.10. The van der Waals surface area contributed by atoms with E-state index in [-0.39, 0.29) is 5.91 Å². The summed E-state index contributed by atoms with van der Waals surface area (Å²) in [7, 11) is 3.57. The minimum absolute atomic E-state index is 0.173. The molecule has 0 saturated heterocycles. The Kier molecular flexibility index (Phi) is 6.01. The van der Waals surface area contributed by atoms with E-state index in [1.807, 2.05) is 0 Å². The van der Waals surface area contributed by atoms with Crippen molar-refractivity contribution in [2.24, 2.45) is 0 Å². The Bertz CT molecular complexity index is 338. The number of carbonyl (C=O) groups is 1. The van der Waals surface area contributed by atoms with Gasteiger partial charge in [-0.2, -0.15) is 0 Å². The fraction of sp³-hybridized carbons (Fsp3) is 0.545. The summed E-state index contributed by atoms with van der Waals surface area (Å²) in [4.78, 5) is 14.2. The van der Waals surface area contributed by atoms with Crippen LogP contribution in [-0.4, -0.2) is 38.0 Å². The van der Waals surface area contributed by atoms with Gasteiger partial charge in [0, 0.05) is 31.9 Å². The van der Waals surface area contributed by atoms with Crippen LogP contribution in [0.3, 0.4) is 0 Å². The van der Waals surface area contributed by atoms with Crippen LogP contribution < -0.4 is 5.32 Å². The molecule has 1 aromatic rings. The van der Waals surface area contributed by atoms with E-state index in [2.05, 4.69) is 33.4 Å². The van der Waals surface area contributed by atoms with E-state index in [0.29, 0.717) is 6.42 Å². The molecule has 16 heavy (non-hydrogen) atoms. The third kappa shape index (κ3) is 5.09. The van der Waals surface area contributed by atoms with Crippen LogP contribution in [0.25, 0.3) is 0 Å². The molecule has 1 aromatic heterocycles. The highest BCUT2D eigenvalue weighted by Crippen LogP contribution is 2.21. The van der Waals surface area contributed by atoms with Crippen molar-refractivity contribution in [3.63, 3.8) is 0 Å². The fourth-order valence-electron chi connectivity index (χ4n) is 1.24. The van der Waals surface area contributed by atoms with Crippen LogP contribution in [0, 0.1) is 0 Å². The number of hydrogen-bond donors (Lipinski definition) is 1. The molecule has 0 aliphatic heterocycles. The lowest BCUT2D eigenvalue weighted by Crippen LogP contribution is -2.27. The lowest BCUT2D eigenvalue weighted by atomic mass is 10.3. The Morgan fingerprint density at radius 3 is 2.75 bits per heavy atom.